The van der Waals surface area contributed by atoms with Gasteiger partial charge in [-0.05, 0) is 30.5 Å². The van der Waals surface area contributed by atoms with Crippen LogP contribution in [-0.4, -0.2) is 10.7 Å². The Morgan fingerprint density at radius 3 is 2.29 bits per heavy atom. The van der Waals surface area contributed by atoms with Crippen molar-refractivity contribution in [3.63, 3.8) is 0 Å². The van der Waals surface area contributed by atoms with Gasteiger partial charge in [0, 0.05) is 11.4 Å². The Balaban J connectivity index is 2.06. The average Bonchev–Trinajstić information content (AvgIpc) is 2.57. The van der Waals surface area contributed by atoms with Crippen LogP contribution < -0.4 is 0 Å². The van der Waals surface area contributed by atoms with Crippen LogP contribution >= 0.6 is 11.6 Å². The van der Waals surface area contributed by atoms with Gasteiger partial charge in [0.25, 0.3) is 0 Å². The van der Waals surface area contributed by atoms with Crippen LogP contribution in [0.15, 0.2) is 24.3 Å². The molecule has 1 aliphatic rings. The minimum absolute atomic E-state index is 0.451. The number of hydrogen-bond acceptors (Lipinski definition) is 1. The van der Waals surface area contributed by atoms with Gasteiger partial charge in [0.2, 0.25) is 0 Å². The molecule has 14 heavy (non-hydrogen) atoms. The molecule has 0 atom stereocenters. The van der Waals surface area contributed by atoms with Crippen LogP contribution in [0, 0.1) is 0 Å². The van der Waals surface area contributed by atoms with Gasteiger partial charge in [-0.15, -0.1) is 0 Å². The lowest BCUT2D eigenvalue weighted by Crippen LogP contribution is -2.26. The van der Waals surface area contributed by atoms with E-state index in [0.29, 0.717) is 0 Å². The topological polar surface area (TPSA) is 20.2 Å². The Morgan fingerprint density at radius 1 is 1.14 bits per heavy atom. The normalized spacial score (nSPS) is 19.9. The van der Waals surface area contributed by atoms with E-state index < -0.39 is 5.60 Å². The molecule has 1 aromatic carbocycles. The van der Waals surface area contributed by atoms with Gasteiger partial charge in [0.1, 0.15) is 0 Å². The van der Waals surface area contributed by atoms with Crippen molar-refractivity contribution in [2.24, 2.45) is 0 Å². The third kappa shape index (κ3) is 2.28. The molecule has 0 saturated heterocycles. The van der Waals surface area contributed by atoms with Crippen molar-refractivity contribution >= 4 is 11.6 Å². The maximum Gasteiger partial charge on any atom is 0.0688 e. The lowest BCUT2D eigenvalue weighted by Gasteiger charge is -2.21. The van der Waals surface area contributed by atoms with Crippen molar-refractivity contribution in [3.8, 4) is 0 Å². The SMILES string of the molecule is OC1(Cc2ccc(Cl)cc2)CCCC1. The predicted octanol–water partition coefficient (Wildman–Crippen LogP) is 3.19. The van der Waals surface area contributed by atoms with Gasteiger partial charge in [0.15, 0.2) is 0 Å². The van der Waals surface area contributed by atoms with Crippen LogP contribution in [0.25, 0.3) is 0 Å². The number of halogens is 1. The summed E-state index contributed by atoms with van der Waals surface area (Å²) in [4.78, 5) is 0. The number of aliphatic hydroxyl groups is 1. The predicted molar refractivity (Wildman–Crippen MR) is 58.6 cm³/mol. The van der Waals surface area contributed by atoms with Gasteiger partial charge < -0.3 is 5.11 Å². The molecule has 76 valence electrons. The third-order valence-corrected chi connectivity index (χ3v) is 3.23. The van der Waals surface area contributed by atoms with Crippen molar-refractivity contribution in [1.29, 1.82) is 0 Å². The molecule has 0 unspecified atom stereocenters. The molecular formula is C12H15ClO. The van der Waals surface area contributed by atoms with E-state index in [1.807, 2.05) is 24.3 Å². The zero-order chi connectivity index (χ0) is 10.0. The molecule has 1 N–H and O–H groups in total. The van der Waals surface area contributed by atoms with Gasteiger partial charge >= 0.3 is 0 Å². The van der Waals surface area contributed by atoms with Crippen molar-refractivity contribution in [2.75, 3.05) is 0 Å². The average molecular weight is 211 g/mol. The Kier molecular flexibility index (Phi) is 2.80. The lowest BCUT2D eigenvalue weighted by atomic mass is 9.93. The summed E-state index contributed by atoms with van der Waals surface area (Å²) in [5, 5.41) is 10.9. The summed E-state index contributed by atoms with van der Waals surface area (Å²) in [7, 11) is 0. The molecule has 2 heteroatoms. The Labute approximate surface area is 89.7 Å². The van der Waals surface area contributed by atoms with E-state index >= 15 is 0 Å². The molecule has 0 aliphatic heterocycles. The molecule has 2 rings (SSSR count). The van der Waals surface area contributed by atoms with Crippen LogP contribution in [0.2, 0.25) is 5.02 Å². The maximum absolute atomic E-state index is 10.2. The summed E-state index contributed by atoms with van der Waals surface area (Å²) in [6.07, 6.45) is 4.96. The molecule has 1 nitrogen and oxygen atoms in total. The lowest BCUT2D eigenvalue weighted by molar-refractivity contribution is 0.0482. The van der Waals surface area contributed by atoms with E-state index in [9.17, 15) is 5.11 Å². The van der Waals surface area contributed by atoms with E-state index in [4.69, 9.17) is 11.6 Å². The van der Waals surface area contributed by atoms with Crippen LogP contribution in [0.5, 0.6) is 0 Å². The fourth-order valence-corrected chi connectivity index (χ4v) is 2.32. The second-order valence-electron chi connectivity index (χ2n) is 4.23. The second kappa shape index (κ2) is 3.92. The largest absolute Gasteiger partial charge is 0.390 e. The molecular weight excluding hydrogens is 196 g/mol. The van der Waals surface area contributed by atoms with Gasteiger partial charge in [-0.1, -0.05) is 36.6 Å². The van der Waals surface area contributed by atoms with E-state index in [0.717, 1.165) is 37.1 Å². The molecule has 1 aromatic rings. The quantitative estimate of drug-likeness (QED) is 0.795. The first kappa shape index (κ1) is 10.0. The van der Waals surface area contributed by atoms with Crippen LogP contribution in [0.4, 0.5) is 0 Å². The molecule has 0 heterocycles. The first-order valence-electron chi connectivity index (χ1n) is 5.15. The Hall–Kier alpha value is -0.530. The van der Waals surface area contributed by atoms with E-state index in [-0.39, 0.29) is 0 Å². The highest BCUT2D eigenvalue weighted by molar-refractivity contribution is 6.30. The highest BCUT2D eigenvalue weighted by Crippen LogP contribution is 2.32. The molecule has 1 fully saturated rings. The van der Waals surface area contributed by atoms with Crippen molar-refractivity contribution in [3.05, 3.63) is 34.9 Å². The van der Waals surface area contributed by atoms with E-state index in [1.54, 1.807) is 0 Å². The summed E-state index contributed by atoms with van der Waals surface area (Å²) in [5.41, 5.74) is 0.729. The molecule has 1 aliphatic carbocycles. The minimum atomic E-state index is -0.451. The first-order chi connectivity index (χ1) is 6.68. The van der Waals surface area contributed by atoms with Crippen LogP contribution in [-0.2, 0) is 6.42 Å². The van der Waals surface area contributed by atoms with E-state index in [1.165, 1.54) is 5.56 Å². The smallest absolute Gasteiger partial charge is 0.0688 e. The zero-order valence-corrected chi connectivity index (χ0v) is 8.93. The number of benzene rings is 1. The highest BCUT2D eigenvalue weighted by Gasteiger charge is 2.30. The Morgan fingerprint density at radius 2 is 1.71 bits per heavy atom. The van der Waals surface area contributed by atoms with Crippen molar-refractivity contribution in [1.82, 2.24) is 0 Å². The van der Waals surface area contributed by atoms with Gasteiger partial charge in [-0.2, -0.15) is 0 Å². The number of hydrogen-bond donors (Lipinski definition) is 1. The maximum atomic E-state index is 10.2. The molecule has 1 saturated carbocycles. The molecule has 0 radical (unpaired) electrons. The summed E-state index contributed by atoms with van der Waals surface area (Å²) in [6, 6.07) is 7.77. The monoisotopic (exact) mass is 210 g/mol. The molecule has 0 amide bonds. The zero-order valence-electron chi connectivity index (χ0n) is 8.17. The summed E-state index contributed by atoms with van der Waals surface area (Å²) < 4.78 is 0. The van der Waals surface area contributed by atoms with Crippen molar-refractivity contribution < 1.29 is 5.11 Å². The van der Waals surface area contributed by atoms with E-state index in [2.05, 4.69) is 0 Å². The second-order valence-corrected chi connectivity index (χ2v) is 4.67. The summed E-state index contributed by atoms with van der Waals surface area (Å²) >= 11 is 5.80. The number of rotatable bonds is 2. The van der Waals surface area contributed by atoms with Gasteiger partial charge in [0.05, 0.1) is 5.60 Å². The van der Waals surface area contributed by atoms with Gasteiger partial charge in [-0.25, -0.2) is 0 Å². The fraction of sp³-hybridized carbons (Fsp3) is 0.500. The molecule has 0 aromatic heterocycles. The molecule has 0 spiro atoms. The molecule has 0 bridgehead atoms. The van der Waals surface area contributed by atoms with Crippen molar-refractivity contribution in [2.45, 2.75) is 37.7 Å². The highest BCUT2D eigenvalue weighted by atomic mass is 35.5. The fourth-order valence-electron chi connectivity index (χ4n) is 2.19. The summed E-state index contributed by atoms with van der Waals surface area (Å²) in [6.45, 7) is 0. The van der Waals surface area contributed by atoms with Gasteiger partial charge in [-0.3, -0.25) is 0 Å². The first-order valence-corrected chi connectivity index (χ1v) is 5.53. The third-order valence-electron chi connectivity index (χ3n) is 2.98. The standard InChI is InChI=1S/C12H15ClO/c13-11-5-3-10(4-6-11)9-12(14)7-1-2-8-12/h3-6,14H,1-2,7-9H2. The summed E-state index contributed by atoms with van der Waals surface area (Å²) in [5.74, 6) is 0. The van der Waals surface area contributed by atoms with Crippen LogP contribution in [0.1, 0.15) is 31.2 Å². The Bertz CT molecular complexity index is 299. The van der Waals surface area contributed by atoms with Crippen LogP contribution in [0.3, 0.4) is 0 Å². The minimum Gasteiger partial charge on any atom is -0.390 e.